The lowest BCUT2D eigenvalue weighted by molar-refractivity contribution is -0.137. The van der Waals surface area contributed by atoms with Gasteiger partial charge in [0.1, 0.15) is 0 Å². The lowest BCUT2D eigenvalue weighted by Crippen LogP contribution is -2.40. The molecule has 0 heterocycles. The van der Waals surface area contributed by atoms with E-state index in [1.54, 1.807) is 25.6 Å². The van der Waals surface area contributed by atoms with Crippen molar-refractivity contribution in [3.8, 4) is 0 Å². The predicted octanol–water partition coefficient (Wildman–Crippen LogP) is 5.48. The van der Waals surface area contributed by atoms with Gasteiger partial charge in [-0.05, 0) is 50.2 Å². The summed E-state index contributed by atoms with van der Waals surface area (Å²) in [4.78, 5) is 14.1. The second-order valence-corrected chi connectivity index (χ2v) is 8.92. The Morgan fingerprint density at radius 2 is 1.58 bits per heavy atom. The first kappa shape index (κ1) is 20.7. The maximum Gasteiger partial charge on any atom is 0.416 e. The van der Waals surface area contributed by atoms with Crippen LogP contribution in [0.25, 0.3) is 0 Å². The van der Waals surface area contributed by atoms with Gasteiger partial charge in [0, 0.05) is 22.1 Å². The molecule has 0 atom stereocenters. The fourth-order valence-corrected chi connectivity index (χ4v) is 3.93. The lowest BCUT2D eigenvalue weighted by Gasteiger charge is -2.23. The molecule has 0 aliphatic rings. The van der Waals surface area contributed by atoms with E-state index >= 15 is 0 Å². The average molecular weight is 400 g/mol. The number of thioether (sulfide) groups is 2. The van der Waals surface area contributed by atoms with Crippen LogP contribution in [0.4, 0.5) is 13.2 Å². The number of halogens is 3. The number of nitrogens with one attached hydrogen (secondary N) is 1. The van der Waals surface area contributed by atoms with Crippen LogP contribution in [0.2, 0.25) is 0 Å². The van der Waals surface area contributed by atoms with E-state index in [4.69, 9.17) is 0 Å². The van der Waals surface area contributed by atoms with Crippen molar-refractivity contribution in [1.29, 1.82) is 0 Å². The van der Waals surface area contributed by atoms with Crippen LogP contribution < -0.4 is 5.32 Å². The molecule has 0 aliphatic heterocycles. The molecule has 26 heavy (non-hydrogen) atoms. The van der Waals surface area contributed by atoms with E-state index in [1.165, 1.54) is 23.9 Å². The highest BCUT2D eigenvalue weighted by Crippen LogP contribution is 2.35. The summed E-state index contributed by atoms with van der Waals surface area (Å²) in [5.41, 5.74) is -0.693. The smallest absolute Gasteiger partial charge is 0.354 e. The summed E-state index contributed by atoms with van der Waals surface area (Å²) in [5.74, 6) is 0.604. The van der Waals surface area contributed by atoms with Gasteiger partial charge in [-0.1, -0.05) is 18.2 Å². The van der Waals surface area contributed by atoms with Gasteiger partial charge in [-0.3, -0.25) is 4.79 Å². The molecule has 0 saturated heterocycles. The molecule has 0 fully saturated rings. The van der Waals surface area contributed by atoms with Crippen LogP contribution in [0.1, 0.15) is 19.4 Å². The van der Waals surface area contributed by atoms with E-state index in [2.05, 4.69) is 5.32 Å². The third-order valence-electron chi connectivity index (χ3n) is 3.50. The SMILES string of the molecule is CC(C)(Sc1ccc(C(F)(F)F)cc1)C(=O)NCCSc1ccccc1. The van der Waals surface area contributed by atoms with Gasteiger partial charge in [0.25, 0.3) is 0 Å². The minimum atomic E-state index is -4.35. The Bertz CT molecular complexity index is 716. The number of alkyl halides is 3. The normalized spacial score (nSPS) is 12.0. The van der Waals surface area contributed by atoms with Crippen molar-refractivity contribution in [2.45, 2.75) is 34.6 Å². The van der Waals surface area contributed by atoms with Crippen molar-refractivity contribution in [1.82, 2.24) is 5.32 Å². The topological polar surface area (TPSA) is 29.1 Å². The first-order valence-corrected chi connectivity index (χ1v) is 9.81. The summed E-state index contributed by atoms with van der Waals surface area (Å²) in [7, 11) is 0. The van der Waals surface area contributed by atoms with Crippen LogP contribution in [0, 0.1) is 0 Å². The quantitative estimate of drug-likeness (QED) is 0.493. The highest BCUT2D eigenvalue weighted by Gasteiger charge is 2.31. The molecule has 140 valence electrons. The van der Waals surface area contributed by atoms with E-state index in [0.717, 1.165) is 22.8 Å². The molecular weight excluding hydrogens is 379 g/mol. The van der Waals surface area contributed by atoms with Crippen LogP contribution in [0.15, 0.2) is 64.4 Å². The van der Waals surface area contributed by atoms with Crippen molar-refractivity contribution in [3.63, 3.8) is 0 Å². The molecular formula is C19H20F3NOS2. The molecule has 0 bridgehead atoms. The first-order valence-electron chi connectivity index (χ1n) is 8.01. The molecule has 1 N–H and O–H groups in total. The zero-order valence-electron chi connectivity index (χ0n) is 14.5. The highest BCUT2D eigenvalue weighted by atomic mass is 32.2. The lowest BCUT2D eigenvalue weighted by atomic mass is 10.2. The monoisotopic (exact) mass is 399 g/mol. The Kier molecular flexibility index (Phi) is 7.06. The summed E-state index contributed by atoms with van der Waals surface area (Å²) in [5, 5.41) is 2.89. The number of hydrogen-bond acceptors (Lipinski definition) is 3. The predicted molar refractivity (Wildman–Crippen MR) is 102 cm³/mol. The fraction of sp³-hybridized carbons (Fsp3) is 0.316. The van der Waals surface area contributed by atoms with Gasteiger partial charge in [0.2, 0.25) is 5.91 Å². The highest BCUT2D eigenvalue weighted by molar-refractivity contribution is 8.01. The number of carbonyl (C=O) groups is 1. The third-order valence-corrected chi connectivity index (χ3v) is 5.72. The Balaban J connectivity index is 1.83. The van der Waals surface area contributed by atoms with Crippen molar-refractivity contribution >= 4 is 29.4 Å². The Morgan fingerprint density at radius 1 is 0.962 bits per heavy atom. The summed E-state index contributed by atoms with van der Waals surface area (Å²) in [6.07, 6.45) is -4.35. The summed E-state index contributed by atoms with van der Waals surface area (Å²) < 4.78 is 37.0. The standard InChI is InChI=1S/C19H20F3NOS2/c1-18(2,26-16-10-8-14(9-11-16)19(20,21)22)17(24)23-12-13-25-15-6-4-3-5-7-15/h3-11H,12-13H2,1-2H3,(H,23,24). The summed E-state index contributed by atoms with van der Waals surface area (Å²) in [6.45, 7) is 4.04. The third kappa shape index (κ3) is 6.29. The summed E-state index contributed by atoms with van der Waals surface area (Å²) >= 11 is 2.89. The molecule has 2 aromatic carbocycles. The van der Waals surface area contributed by atoms with Crippen molar-refractivity contribution in [3.05, 3.63) is 60.2 Å². The van der Waals surface area contributed by atoms with Crippen LogP contribution in [0.3, 0.4) is 0 Å². The van der Waals surface area contributed by atoms with Gasteiger partial charge in [-0.2, -0.15) is 13.2 Å². The van der Waals surface area contributed by atoms with Gasteiger partial charge in [0.05, 0.1) is 10.3 Å². The molecule has 0 saturated carbocycles. The molecule has 0 aliphatic carbocycles. The van der Waals surface area contributed by atoms with E-state index in [-0.39, 0.29) is 5.91 Å². The average Bonchev–Trinajstić information content (AvgIpc) is 2.58. The van der Waals surface area contributed by atoms with E-state index in [9.17, 15) is 18.0 Å². The molecule has 7 heteroatoms. The van der Waals surface area contributed by atoms with Gasteiger partial charge in [-0.15, -0.1) is 23.5 Å². The number of benzene rings is 2. The molecule has 0 spiro atoms. The number of rotatable bonds is 7. The molecule has 2 rings (SSSR count). The maximum absolute atomic E-state index is 12.6. The van der Waals surface area contributed by atoms with E-state index in [0.29, 0.717) is 11.4 Å². The van der Waals surface area contributed by atoms with Gasteiger partial charge in [-0.25, -0.2) is 0 Å². The molecule has 0 aromatic heterocycles. The minimum absolute atomic E-state index is 0.143. The maximum atomic E-state index is 12.6. The molecule has 0 unspecified atom stereocenters. The molecule has 1 amide bonds. The Labute approximate surface area is 159 Å². The molecule has 2 aromatic rings. The van der Waals surface area contributed by atoms with Gasteiger partial charge < -0.3 is 5.32 Å². The minimum Gasteiger partial charge on any atom is -0.354 e. The Hall–Kier alpha value is -1.60. The van der Waals surface area contributed by atoms with Crippen molar-refractivity contribution in [2.24, 2.45) is 0 Å². The van der Waals surface area contributed by atoms with Crippen LogP contribution in [0.5, 0.6) is 0 Å². The van der Waals surface area contributed by atoms with Crippen LogP contribution in [-0.2, 0) is 11.0 Å². The van der Waals surface area contributed by atoms with E-state index in [1.807, 2.05) is 30.3 Å². The Morgan fingerprint density at radius 3 is 2.15 bits per heavy atom. The number of hydrogen-bond donors (Lipinski definition) is 1. The van der Waals surface area contributed by atoms with Crippen LogP contribution >= 0.6 is 23.5 Å². The summed E-state index contributed by atoms with van der Waals surface area (Å²) in [6, 6.07) is 14.8. The number of amides is 1. The fourth-order valence-electron chi connectivity index (χ4n) is 2.12. The first-order chi connectivity index (χ1) is 12.2. The number of carbonyl (C=O) groups excluding carboxylic acids is 1. The van der Waals surface area contributed by atoms with E-state index < -0.39 is 16.5 Å². The zero-order valence-corrected chi connectivity index (χ0v) is 16.1. The second-order valence-electron chi connectivity index (χ2n) is 6.05. The zero-order chi connectivity index (χ0) is 19.2. The molecule has 0 radical (unpaired) electrons. The van der Waals surface area contributed by atoms with Crippen LogP contribution in [-0.4, -0.2) is 23.0 Å². The largest absolute Gasteiger partial charge is 0.416 e. The van der Waals surface area contributed by atoms with Gasteiger partial charge in [0.15, 0.2) is 0 Å². The second kappa shape index (κ2) is 8.86. The van der Waals surface area contributed by atoms with Crippen molar-refractivity contribution in [2.75, 3.05) is 12.3 Å². The molecule has 2 nitrogen and oxygen atoms in total. The van der Waals surface area contributed by atoms with Gasteiger partial charge >= 0.3 is 6.18 Å². The van der Waals surface area contributed by atoms with Crippen molar-refractivity contribution < 1.29 is 18.0 Å².